The Morgan fingerprint density at radius 3 is 2.67 bits per heavy atom. The highest BCUT2D eigenvalue weighted by Crippen LogP contribution is 2.29. The van der Waals surface area contributed by atoms with E-state index in [0.717, 1.165) is 5.56 Å². The smallest absolute Gasteiger partial charge is 0.242 e. The lowest BCUT2D eigenvalue weighted by molar-refractivity contribution is 0.584. The fraction of sp³-hybridized carbons (Fsp3) is 0.286. The van der Waals surface area contributed by atoms with Crippen LogP contribution in [0.3, 0.4) is 0 Å². The molecule has 0 saturated heterocycles. The predicted molar refractivity (Wildman–Crippen MR) is 88.7 cm³/mol. The zero-order chi connectivity index (χ0) is 15.5. The Kier molecular flexibility index (Phi) is 5.27. The van der Waals surface area contributed by atoms with Gasteiger partial charge in [-0.3, -0.25) is 0 Å². The van der Waals surface area contributed by atoms with Crippen LogP contribution >= 0.6 is 22.9 Å². The molecule has 1 aromatic carbocycles. The van der Waals surface area contributed by atoms with Crippen LogP contribution in [-0.2, 0) is 10.0 Å². The molecule has 1 aromatic heterocycles. The molecule has 0 fully saturated rings. The van der Waals surface area contributed by atoms with Crippen LogP contribution in [0.15, 0.2) is 40.6 Å². The second-order valence-corrected chi connectivity index (χ2v) is 7.83. The van der Waals surface area contributed by atoms with Crippen molar-refractivity contribution in [1.82, 2.24) is 4.72 Å². The number of nitrogens with one attached hydrogen (secondary N) is 2. The number of para-hydroxylation sites is 1. The van der Waals surface area contributed by atoms with Crippen LogP contribution in [-0.4, -0.2) is 15.0 Å². The van der Waals surface area contributed by atoms with Gasteiger partial charge >= 0.3 is 0 Å². The van der Waals surface area contributed by atoms with Crippen LogP contribution in [0.1, 0.15) is 25.5 Å². The second kappa shape index (κ2) is 6.79. The molecule has 2 aromatic rings. The van der Waals surface area contributed by atoms with Crippen molar-refractivity contribution in [2.75, 3.05) is 11.9 Å². The number of sulfonamides is 1. The quantitative estimate of drug-likeness (QED) is 0.836. The minimum absolute atomic E-state index is 0.0354. The van der Waals surface area contributed by atoms with Crippen molar-refractivity contribution in [2.45, 2.75) is 24.8 Å². The van der Waals surface area contributed by atoms with Crippen LogP contribution in [0.5, 0.6) is 0 Å². The van der Waals surface area contributed by atoms with Crippen molar-refractivity contribution < 1.29 is 8.42 Å². The zero-order valence-electron chi connectivity index (χ0n) is 11.8. The Labute approximate surface area is 134 Å². The Balaban J connectivity index is 2.29. The molecule has 7 heteroatoms. The summed E-state index contributed by atoms with van der Waals surface area (Å²) < 4.78 is 27.6. The van der Waals surface area contributed by atoms with Crippen molar-refractivity contribution in [3.8, 4) is 0 Å². The highest BCUT2D eigenvalue weighted by Gasteiger charge is 2.18. The van der Waals surface area contributed by atoms with E-state index in [1.165, 1.54) is 11.3 Å². The monoisotopic (exact) mass is 344 g/mol. The van der Waals surface area contributed by atoms with Crippen LogP contribution in [0.25, 0.3) is 0 Å². The Bertz CT molecular complexity index is 713. The van der Waals surface area contributed by atoms with Gasteiger partial charge in [0, 0.05) is 12.6 Å². The number of anilines is 1. The zero-order valence-corrected chi connectivity index (χ0v) is 14.1. The highest BCUT2D eigenvalue weighted by molar-refractivity contribution is 7.89. The molecule has 21 heavy (non-hydrogen) atoms. The first-order valence-corrected chi connectivity index (χ1v) is 9.27. The van der Waals surface area contributed by atoms with Gasteiger partial charge in [0.05, 0.1) is 10.0 Å². The maximum absolute atomic E-state index is 12.2. The molecule has 2 rings (SSSR count). The second-order valence-electron chi connectivity index (χ2n) is 4.55. The average Bonchev–Trinajstić information content (AvgIpc) is 2.86. The molecule has 0 radical (unpaired) electrons. The Hall–Kier alpha value is -1.08. The number of benzene rings is 1. The topological polar surface area (TPSA) is 58.2 Å². The van der Waals surface area contributed by atoms with Crippen molar-refractivity contribution in [3.63, 3.8) is 0 Å². The standard InChI is InChI=1S/C14H17ClN2O2S2/c1-3-16-21(18,19)13-7-5-4-6-12(13)17-10(2)11-8-14(15)20-9-11/h4-10,16-17H,3H2,1-2H3. The summed E-state index contributed by atoms with van der Waals surface area (Å²) in [7, 11) is -3.50. The largest absolute Gasteiger partial charge is 0.377 e. The fourth-order valence-electron chi connectivity index (χ4n) is 1.96. The van der Waals surface area contributed by atoms with Gasteiger partial charge in [-0.25, -0.2) is 13.1 Å². The van der Waals surface area contributed by atoms with Gasteiger partial charge in [0.25, 0.3) is 0 Å². The molecule has 0 saturated carbocycles. The first-order valence-electron chi connectivity index (χ1n) is 6.53. The molecule has 0 aliphatic heterocycles. The van der Waals surface area contributed by atoms with Crippen LogP contribution in [0.2, 0.25) is 4.34 Å². The van der Waals surface area contributed by atoms with E-state index in [2.05, 4.69) is 10.0 Å². The third-order valence-corrected chi connectivity index (χ3v) is 5.68. The molecule has 0 amide bonds. The summed E-state index contributed by atoms with van der Waals surface area (Å²) in [6, 6.07) is 8.71. The van der Waals surface area contributed by atoms with E-state index in [4.69, 9.17) is 11.6 Å². The van der Waals surface area contributed by atoms with Gasteiger partial charge in [0.2, 0.25) is 10.0 Å². The summed E-state index contributed by atoms with van der Waals surface area (Å²) in [6.07, 6.45) is 0. The normalized spacial score (nSPS) is 13.1. The lowest BCUT2D eigenvalue weighted by atomic mass is 10.1. The van der Waals surface area contributed by atoms with Gasteiger partial charge in [-0.15, -0.1) is 11.3 Å². The van der Waals surface area contributed by atoms with Crippen LogP contribution in [0.4, 0.5) is 5.69 Å². The molecule has 0 aliphatic rings. The lowest BCUT2D eigenvalue weighted by Gasteiger charge is -2.17. The molecule has 2 N–H and O–H groups in total. The Morgan fingerprint density at radius 2 is 2.05 bits per heavy atom. The van der Waals surface area contributed by atoms with E-state index < -0.39 is 10.0 Å². The molecule has 0 spiro atoms. The lowest BCUT2D eigenvalue weighted by Crippen LogP contribution is -2.24. The third-order valence-electron chi connectivity index (χ3n) is 2.97. The summed E-state index contributed by atoms with van der Waals surface area (Å²) in [6.45, 7) is 4.07. The Morgan fingerprint density at radius 1 is 1.33 bits per heavy atom. The number of thiophene rings is 1. The minimum atomic E-state index is -3.50. The number of halogens is 1. The molecular weight excluding hydrogens is 328 g/mol. The van der Waals surface area contributed by atoms with Gasteiger partial charge in [0.15, 0.2) is 0 Å². The van der Waals surface area contributed by atoms with Gasteiger partial charge in [0.1, 0.15) is 4.90 Å². The first kappa shape index (κ1) is 16.3. The number of rotatable bonds is 6. The maximum Gasteiger partial charge on any atom is 0.242 e. The molecule has 0 aliphatic carbocycles. The van der Waals surface area contributed by atoms with E-state index >= 15 is 0 Å². The van der Waals surface area contributed by atoms with E-state index in [9.17, 15) is 8.42 Å². The van der Waals surface area contributed by atoms with Crippen LogP contribution in [0, 0.1) is 0 Å². The number of hydrogen-bond acceptors (Lipinski definition) is 4. The minimum Gasteiger partial charge on any atom is -0.377 e. The van der Waals surface area contributed by atoms with Gasteiger partial charge in [-0.1, -0.05) is 30.7 Å². The molecule has 1 atom stereocenters. The van der Waals surface area contributed by atoms with Crippen molar-refractivity contribution in [3.05, 3.63) is 45.6 Å². The molecule has 4 nitrogen and oxygen atoms in total. The van der Waals surface area contributed by atoms with Crippen molar-refractivity contribution in [1.29, 1.82) is 0 Å². The summed E-state index contributed by atoms with van der Waals surface area (Å²) in [4.78, 5) is 0.250. The summed E-state index contributed by atoms with van der Waals surface area (Å²) in [5.41, 5.74) is 1.61. The summed E-state index contributed by atoms with van der Waals surface area (Å²) in [5.74, 6) is 0. The summed E-state index contributed by atoms with van der Waals surface area (Å²) in [5, 5.41) is 5.19. The molecule has 1 heterocycles. The third kappa shape index (κ3) is 3.97. The fourth-order valence-corrected chi connectivity index (χ4v) is 4.15. The number of hydrogen-bond donors (Lipinski definition) is 2. The summed E-state index contributed by atoms with van der Waals surface area (Å²) >= 11 is 7.39. The molecule has 1 unspecified atom stereocenters. The van der Waals surface area contributed by atoms with Gasteiger partial charge in [-0.05, 0) is 36.1 Å². The van der Waals surface area contributed by atoms with E-state index in [0.29, 0.717) is 16.6 Å². The molecule has 114 valence electrons. The van der Waals surface area contributed by atoms with E-state index in [1.54, 1.807) is 31.2 Å². The van der Waals surface area contributed by atoms with Crippen molar-refractivity contribution >= 4 is 38.6 Å². The SMILES string of the molecule is CCNS(=O)(=O)c1ccccc1NC(C)c1csc(Cl)c1. The van der Waals surface area contributed by atoms with Gasteiger partial charge < -0.3 is 5.32 Å². The van der Waals surface area contributed by atoms with E-state index in [-0.39, 0.29) is 10.9 Å². The van der Waals surface area contributed by atoms with E-state index in [1.807, 2.05) is 18.4 Å². The predicted octanol–water partition coefficient (Wildman–Crippen LogP) is 3.87. The highest BCUT2D eigenvalue weighted by atomic mass is 35.5. The molecular formula is C14H17ClN2O2S2. The van der Waals surface area contributed by atoms with Crippen molar-refractivity contribution in [2.24, 2.45) is 0 Å². The van der Waals surface area contributed by atoms with Crippen LogP contribution < -0.4 is 10.0 Å². The van der Waals surface area contributed by atoms with Gasteiger partial charge in [-0.2, -0.15) is 0 Å². The average molecular weight is 345 g/mol. The first-order chi connectivity index (χ1) is 9.94. The maximum atomic E-state index is 12.2. The molecule has 0 bridgehead atoms.